The van der Waals surface area contributed by atoms with Crippen molar-refractivity contribution in [3.05, 3.63) is 11.7 Å². The average molecular weight is 251 g/mol. The van der Waals surface area contributed by atoms with E-state index in [0.29, 0.717) is 17.7 Å². The van der Waals surface area contributed by atoms with E-state index in [-0.39, 0.29) is 6.04 Å². The number of nitrogens with zero attached hydrogens (tertiary/aromatic N) is 2. The fourth-order valence-corrected chi connectivity index (χ4v) is 2.73. The van der Waals surface area contributed by atoms with E-state index in [0.717, 1.165) is 11.7 Å². The lowest BCUT2D eigenvalue weighted by Gasteiger charge is -2.26. The van der Waals surface area contributed by atoms with Crippen LogP contribution >= 0.6 is 0 Å². The van der Waals surface area contributed by atoms with Crippen molar-refractivity contribution in [1.29, 1.82) is 0 Å². The second-order valence-corrected chi connectivity index (χ2v) is 5.90. The van der Waals surface area contributed by atoms with Gasteiger partial charge in [0.05, 0.1) is 6.04 Å². The number of rotatable bonds is 4. The van der Waals surface area contributed by atoms with Crippen LogP contribution in [-0.4, -0.2) is 10.1 Å². The molecule has 1 aliphatic rings. The predicted molar refractivity (Wildman–Crippen MR) is 71.1 cm³/mol. The van der Waals surface area contributed by atoms with Gasteiger partial charge in [0.15, 0.2) is 5.82 Å². The first-order chi connectivity index (χ1) is 8.61. The van der Waals surface area contributed by atoms with E-state index in [4.69, 9.17) is 10.3 Å². The number of aromatic nitrogens is 2. The minimum Gasteiger partial charge on any atom is -0.338 e. The van der Waals surface area contributed by atoms with Crippen LogP contribution in [0.3, 0.4) is 0 Å². The highest BCUT2D eigenvalue weighted by Gasteiger charge is 2.27. The molecule has 2 N–H and O–H groups in total. The summed E-state index contributed by atoms with van der Waals surface area (Å²) in [6.45, 7) is 6.41. The lowest BCUT2D eigenvalue weighted by molar-refractivity contribution is 0.292. The molecule has 0 spiro atoms. The van der Waals surface area contributed by atoms with Crippen LogP contribution in [0.25, 0.3) is 0 Å². The summed E-state index contributed by atoms with van der Waals surface area (Å²) < 4.78 is 5.32. The molecule has 0 amide bonds. The van der Waals surface area contributed by atoms with Crippen LogP contribution in [0, 0.1) is 11.8 Å². The zero-order valence-electron chi connectivity index (χ0n) is 11.7. The Morgan fingerprint density at radius 2 is 2.17 bits per heavy atom. The minimum atomic E-state index is -0.142. The maximum atomic E-state index is 6.04. The van der Waals surface area contributed by atoms with Gasteiger partial charge < -0.3 is 10.3 Å². The van der Waals surface area contributed by atoms with Gasteiger partial charge >= 0.3 is 0 Å². The quantitative estimate of drug-likeness (QED) is 0.890. The standard InChI is InChI=1S/C14H25N3O/c1-4-10-6-5-7-11(8-10)13-16-14(18-17-13)12(15)9(2)3/h9-12H,4-8,15H2,1-3H3/t10?,11?,12-/m1/s1. The van der Waals surface area contributed by atoms with Gasteiger partial charge in [0.2, 0.25) is 5.89 Å². The third-order valence-electron chi connectivity index (χ3n) is 4.19. The molecule has 3 atom stereocenters. The molecule has 2 unspecified atom stereocenters. The van der Waals surface area contributed by atoms with Crippen LogP contribution in [0.4, 0.5) is 0 Å². The molecule has 102 valence electrons. The van der Waals surface area contributed by atoms with Crippen LogP contribution in [0.5, 0.6) is 0 Å². The summed E-state index contributed by atoms with van der Waals surface area (Å²) in [5.41, 5.74) is 6.04. The molecule has 18 heavy (non-hydrogen) atoms. The van der Waals surface area contributed by atoms with E-state index in [1.54, 1.807) is 0 Å². The largest absolute Gasteiger partial charge is 0.338 e. The topological polar surface area (TPSA) is 64.9 Å². The molecule has 0 radical (unpaired) electrons. The third kappa shape index (κ3) is 2.91. The van der Waals surface area contributed by atoms with E-state index < -0.39 is 0 Å². The van der Waals surface area contributed by atoms with Crippen LogP contribution in [0.2, 0.25) is 0 Å². The first-order valence-electron chi connectivity index (χ1n) is 7.20. The maximum Gasteiger partial charge on any atom is 0.243 e. The smallest absolute Gasteiger partial charge is 0.243 e. The molecule has 1 aromatic heterocycles. The summed E-state index contributed by atoms with van der Waals surface area (Å²) in [6, 6.07) is -0.142. The normalized spacial score (nSPS) is 26.5. The molecule has 4 nitrogen and oxygen atoms in total. The molecule has 0 aromatic carbocycles. The molecular weight excluding hydrogens is 226 g/mol. The minimum absolute atomic E-state index is 0.142. The summed E-state index contributed by atoms with van der Waals surface area (Å²) in [6.07, 6.45) is 6.28. The molecule has 2 rings (SSSR count). The van der Waals surface area contributed by atoms with Crippen LogP contribution < -0.4 is 5.73 Å². The Bertz CT molecular complexity index is 375. The van der Waals surface area contributed by atoms with Crippen molar-refractivity contribution in [3.8, 4) is 0 Å². The average Bonchev–Trinajstić information content (AvgIpc) is 2.87. The van der Waals surface area contributed by atoms with E-state index in [1.807, 2.05) is 0 Å². The second kappa shape index (κ2) is 5.83. The molecule has 0 aliphatic heterocycles. The van der Waals surface area contributed by atoms with Gasteiger partial charge in [-0.1, -0.05) is 45.2 Å². The van der Waals surface area contributed by atoms with E-state index in [9.17, 15) is 0 Å². The van der Waals surface area contributed by atoms with Gasteiger partial charge in [0, 0.05) is 5.92 Å². The van der Waals surface area contributed by atoms with Gasteiger partial charge in [-0.25, -0.2) is 0 Å². The molecule has 4 heteroatoms. The summed E-state index contributed by atoms with van der Waals surface area (Å²) in [5.74, 6) is 3.09. The summed E-state index contributed by atoms with van der Waals surface area (Å²) in [4.78, 5) is 4.52. The Morgan fingerprint density at radius 3 is 2.83 bits per heavy atom. The van der Waals surface area contributed by atoms with Crippen molar-refractivity contribution < 1.29 is 4.52 Å². The van der Waals surface area contributed by atoms with Gasteiger partial charge in [-0.05, 0) is 24.7 Å². The fourth-order valence-electron chi connectivity index (χ4n) is 2.73. The van der Waals surface area contributed by atoms with Crippen molar-refractivity contribution in [2.45, 2.75) is 64.8 Å². The third-order valence-corrected chi connectivity index (χ3v) is 4.19. The highest BCUT2D eigenvalue weighted by molar-refractivity contribution is 5.00. The molecule has 0 saturated heterocycles. The van der Waals surface area contributed by atoms with Crippen molar-refractivity contribution >= 4 is 0 Å². The Labute approximate surface area is 109 Å². The molecular formula is C14H25N3O. The Hall–Kier alpha value is -0.900. The second-order valence-electron chi connectivity index (χ2n) is 5.90. The summed E-state index contributed by atoms with van der Waals surface area (Å²) >= 11 is 0. The lowest BCUT2D eigenvalue weighted by Crippen LogP contribution is -2.18. The highest BCUT2D eigenvalue weighted by Crippen LogP contribution is 2.36. The highest BCUT2D eigenvalue weighted by atomic mass is 16.5. The Kier molecular flexibility index (Phi) is 4.38. The van der Waals surface area contributed by atoms with E-state index in [2.05, 4.69) is 30.9 Å². The van der Waals surface area contributed by atoms with Gasteiger partial charge in [0.1, 0.15) is 0 Å². The first-order valence-corrected chi connectivity index (χ1v) is 7.20. The first kappa shape index (κ1) is 13.5. The Morgan fingerprint density at radius 1 is 1.39 bits per heavy atom. The summed E-state index contributed by atoms with van der Waals surface area (Å²) in [7, 11) is 0. The van der Waals surface area contributed by atoms with E-state index in [1.165, 1.54) is 32.1 Å². The summed E-state index contributed by atoms with van der Waals surface area (Å²) in [5, 5.41) is 4.15. The molecule has 1 aromatic rings. The van der Waals surface area contributed by atoms with Crippen molar-refractivity contribution in [2.75, 3.05) is 0 Å². The number of hydrogen-bond donors (Lipinski definition) is 1. The number of nitrogens with two attached hydrogens (primary N) is 1. The Balaban J connectivity index is 2.05. The predicted octanol–water partition coefficient (Wildman–Crippen LogP) is 3.41. The van der Waals surface area contributed by atoms with Crippen molar-refractivity contribution in [1.82, 2.24) is 10.1 Å². The molecule has 1 heterocycles. The van der Waals surface area contributed by atoms with Gasteiger partial charge in [-0.15, -0.1) is 0 Å². The van der Waals surface area contributed by atoms with Crippen LogP contribution in [-0.2, 0) is 0 Å². The SMILES string of the molecule is CCC1CCCC(c2noc([C@H](N)C(C)C)n2)C1. The van der Waals surface area contributed by atoms with Crippen molar-refractivity contribution in [2.24, 2.45) is 17.6 Å². The monoisotopic (exact) mass is 251 g/mol. The number of hydrogen-bond acceptors (Lipinski definition) is 4. The van der Waals surface area contributed by atoms with Gasteiger partial charge in [-0.2, -0.15) is 4.98 Å². The molecule has 1 saturated carbocycles. The zero-order valence-corrected chi connectivity index (χ0v) is 11.7. The molecule has 1 fully saturated rings. The molecule has 1 aliphatic carbocycles. The lowest BCUT2D eigenvalue weighted by atomic mass is 9.80. The van der Waals surface area contributed by atoms with Crippen LogP contribution in [0.1, 0.15) is 76.6 Å². The van der Waals surface area contributed by atoms with Gasteiger partial charge in [0.25, 0.3) is 0 Å². The zero-order chi connectivity index (χ0) is 13.1. The van der Waals surface area contributed by atoms with Gasteiger partial charge in [-0.3, -0.25) is 0 Å². The van der Waals surface area contributed by atoms with E-state index >= 15 is 0 Å². The maximum absolute atomic E-state index is 6.04. The molecule has 0 bridgehead atoms. The van der Waals surface area contributed by atoms with Crippen molar-refractivity contribution in [3.63, 3.8) is 0 Å². The fraction of sp³-hybridized carbons (Fsp3) is 0.857. The van der Waals surface area contributed by atoms with Crippen LogP contribution in [0.15, 0.2) is 4.52 Å².